The van der Waals surface area contributed by atoms with Crippen LogP contribution < -0.4 is 0 Å². The van der Waals surface area contributed by atoms with Gasteiger partial charge < -0.3 is 0 Å². The maximum Gasteiger partial charge on any atom is 0.0828 e. The lowest BCUT2D eigenvalue weighted by Crippen LogP contribution is -2.45. The molecule has 0 radical (unpaired) electrons. The van der Waals surface area contributed by atoms with Crippen LogP contribution in [0.1, 0.15) is 50.3 Å². The molecule has 1 heteroatoms. The van der Waals surface area contributed by atoms with Crippen LogP contribution in [0.5, 0.6) is 0 Å². The number of hydrogen-bond acceptors (Lipinski definition) is 1. The number of rotatable bonds is 1. The Morgan fingerprint density at radius 2 is 1.78 bits per heavy atom. The molecule has 1 aromatic rings. The second-order valence-electron chi connectivity index (χ2n) is 6.96. The Kier molecular flexibility index (Phi) is 3.01. The summed E-state index contributed by atoms with van der Waals surface area (Å²) in [5.41, 5.74) is 3.91. The van der Waals surface area contributed by atoms with E-state index in [1.165, 1.54) is 16.7 Å². The molecule has 96 valence electrons. The molecule has 0 amide bonds. The van der Waals surface area contributed by atoms with Crippen molar-refractivity contribution in [1.29, 1.82) is 5.26 Å². The van der Waals surface area contributed by atoms with Crippen molar-refractivity contribution in [2.75, 3.05) is 0 Å². The van der Waals surface area contributed by atoms with E-state index in [1.54, 1.807) is 0 Å². The van der Waals surface area contributed by atoms with E-state index < -0.39 is 0 Å². The van der Waals surface area contributed by atoms with E-state index in [9.17, 15) is 5.26 Å². The number of aryl methyl sites for hydroxylation is 2. The van der Waals surface area contributed by atoms with Gasteiger partial charge in [0.15, 0.2) is 0 Å². The summed E-state index contributed by atoms with van der Waals surface area (Å²) < 4.78 is 0. The van der Waals surface area contributed by atoms with Crippen LogP contribution in [0, 0.1) is 36.5 Å². The van der Waals surface area contributed by atoms with E-state index in [0.717, 1.165) is 12.8 Å². The smallest absolute Gasteiger partial charge is 0.0828 e. The van der Waals surface area contributed by atoms with Crippen molar-refractivity contribution >= 4 is 0 Å². The minimum Gasteiger partial charge on any atom is -0.197 e. The monoisotopic (exact) mass is 241 g/mol. The molecule has 0 atom stereocenters. The summed E-state index contributed by atoms with van der Waals surface area (Å²) >= 11 is 0. The van der Waals surface area contributed by atoms with Gasteiger partial charge in [0.1, 0.15) is 0 Å². The molecule has 0 saturated heterocycles. The molecule has 1 aliphatic rings. The van der Waals surface area contributed by atoms with E-state index in [-0.39, 0.29) is 5.41 Å². The largest absolute Gasteiger partial charge is 0.197 e. The van der Waals surface area contributed by atoms with Gasteiger partial charge >= 0.3 is 0 Å². The molecule has 1 saturated carbocycles. The van der Waals surface area contributed by atoms with E-state index >= 15 is 0 Å². The van der Waals surface area contributed by atoms with Crippen LogP contribution >= 0.6 is 0 Å². The molecule has 0 heterocycles. The number of nitriles is 1. The molecular formula is C17H23N. The first kappa shape index (κ1) is 13.1. The summed E-state index contributed by atoms with van der Waals surface area (Å²) in [6.45, 7) is 11.1. The highest BCUT2D eigenvalue weighted by Crippen LogP contribution is 2.54. The van der Waals surface area contributed by atoms with Crippen LogP contribution in [-0.4, -0.2) is 0 Å². The lowest BCUT2D eigenvalue weighted by molar-refractivity contribution is 0.0782. The van der Waals surface area contributed by atoms with Gasteiger partial charge in [0.25, 0.3) is 0 Å². The molecule has 1 fully saturated rings. The summed E-state index contributed by atoms with van der Waals surface area (Å²) in [5, 5.41) is 9.58. The van der Waals surface area contributed by atoms with E-state index in [1.807, 2.05) is 0 Å². The Bertz CT molecular complexity index is 493. The third-order valence-electron chi connectivity index (χ3n) is 4.69. The van der Waals surface area contributed by atoms with Crippen LogP contribution in [0.4, 0.5) is 0 Å². The molecule has 1 nitrogen and oxygen atoms in total. The Morgan fingerprint density at radius 1 is 1.17 bits per heavy atom. The molecule has 0 aliphatic heterocycles. The van der Waals surface area contributed by atoms with Crippen LogP contribution in [-0.2, 0) is 5.41 Å². The minimum absolute atomic E-state index is 0.226. The highest BCUT2D eigenvalue weighted by molar-refractivity contribution is 5.41. The van der Waals surface area contributed by atoms with Crippen molar-refractivity contribution in [3.8, 4) is 6.07 Å². The lowest BCUT2D eigenvalue weighted by atomic mass is 9.53. The zero-order chi connectivity index (χ0) is 13.6. The molecule has 1 aromatic carbocycles. The van der Waals surface area contributed by atoms with Gasteiger partial charge in [-0.05, 0) is 54.7 Å². The second kappa shape index (κ2) is 4.12. The summed E-state index contributed by atoms with van der Waals surface area (Å²) in [6.07, 6.45) is 2.02. The minimum atomic E-state index is -0.226. The quantitative estimate of drug-likeness (QED) is 0.709. The molecule has 1 aliphatic carbocycles. The van der Waals surface area contributed by atoms with Gasteiger partial charge in [-0.1, -0.05) is 39.0 Å². The van der Waals surface area contributed by atoms with Crippen molar-refractivity contribution in [1.82, 2.24) is 0 Å². The summed E-state index contributed by atoms with van der Waals surface area (Å²) in [5.74, 6) is 0.666. The van der Waals surface area contributed by atoms with Gasteiger partial charge in [-0.25, -0.2) is 0 Å². The summed E-state index contributed by atoms with van der Waals surface area (Å²) in [6, 6.07) is 9.08. The first-order chi connectivity index (χ1) is 8.28. The van der Waals surface area contributed by atoms with E-state index in [2.05, 4.69) is 58.9 Å². The number of nitrogens with zero attached hydrogens (tertiary/aromatic N) is 1. The number of hydrogen-bond donors (Lipinski definition) is 0. The molecule has 0 unspecified atom stereocenters. The van der Waals surface area contributed by atoms with Gasteiger partial charge in [0, 0.05) is 0 Å². The van der Waals surface area contributed by atoms with Crippen molar-refractivity contribution < 1.29 is 0 Å². The molecule has 0 bridgehead atoms. The predicted molar refractivity (Wildman–Crippen MR) is 75.4 cm³/mol. The molecule has 2 rings (SSSR count). The highest BCUT2D eigenvalue weighted by atomic mass is 14.5. The topological polar surface area (TPSA) is 23.8 Å². The van der Waals surface area contributed by atoms with Gasteiger partial charge in [-0.15, -0.1) is 0 Å². The van der Waals surface area contributed by atoms with Crippen LogP contribution in [0.25, 0.3) is 0 Å². The van der Waals surface area contributed by atoms with Crippen LogP contribution in [0.15, 0.2) is 18.2 Å². The molecule has 0 aromatic heterocycles. The second-order valence-corrected chi connectivity index (χ2v) is 6.96. The Balaban J connectivity index is 2.27. The zero-order valence-electron chi connectivity index (χ0n) is 12.2. The zero-order valence-corrected chi connectivity index (χ0v) is 12.2. The van der Waals surface area contributed by atoms with Crippen molar-refractivity contribution in [2.45, 2.75) is 52.9 Å². The van der Waals surface area contributed by atoms with Gasteiger partial charge in [0.2, 0.25) is 0 Å². The standard InChI is InChI=1S/C17H23N/c1-12-6-7-14(8-13(12)2)17(11-18)9-15(10-17)16(3,4)5/h6-8,15H,9-10H2,1-5H3. The average Bonchev–Trinajstić information content (AvgIpc) is 2.20. The maximum atomic E-state index is 9.58. The predicted octanol–water partition coefficient (Wildman–Crippen LogP) is 4.52. The van der Waals surface area contributed by atoms with Crippen molar-refractivity contribution in [3.05, 3.63) is 34.9 Å². The third-order valence-corrected chi connectivity index (χ3v) is 4.69. The lowest BCUT2D eigenvalue weighted by Gasteiger charge is -2.49. The molecule has 18 heavy (non-hydrogen) atoms. The fourth-order valence-electron chi connectivity index (χ4n) is 2.82. The van der Waals surface area contributed by atoms with Gasteiger partial charge in [0.05, 0.1) is 11.5 Å². The SMILES string of the molecule is Cc1ccc(C2(C#N)CC(C(C)(C)C)C2)cc1C. The Labute approximate surface area is 111 Å². The third kappa shape index (κ3) is 2.05. The summed E-state index contributed by atoms with van der Waals surface area (Å²) in [7, 11) is 0. The Hall–Kier alpha value is -1.29. The molecular weight excluding hydrogens is 218 g/mol. The average molecular weight is 241 g/mol. The Morgan fingerprint density at radius 3 is 2.22 bits per heavy atom. The van der Waals surface area contributed by atoms with E-state index in [0.29, 0.717) is 11.3 Å². The van der Waals surface area contributed by atoms with Gasteiger partial charge in [-0.3, -0.25) is 0 Å². The first-order valence-electron chi connectivity index (χ1n) is 6.77. The van der Waals surface area contributed by atoms with Gasteiger partial charge in [-0.2, -0.15) is 5.26 Å². The number of benzene rings is 1. The van der Waals surface area contributed by atoms with Crippen molar-refractivity contribution in [3.63, 3.8) is 0 Å². The fraction of sp³-hybridized carbons (Fsp3) is 0.588. The fourth-order valence-corrected chi connectivity index (χ4v) is 2.82. The van der Waals surface area contributed by atoms with E-state index in [4.69, 9.17) is 0 Å². The molecule has 0 spiro atoms. The summed E-state index contributed by atoms with van der Waals surface area (Å²) in [4.78, 5) is 0. The van der Waals surface area contributed by atoms with Crippen LogP contribution in [0.3, 0.4) is 0 Å². The van der Waals surface area contributed by atoms with Crippen LogP contribution in [0.2, 0.25) is 0 Å². The normalized spacial score (nSPS) is 27.4. The first-order valence-corrected chi connectivity index (χ1v) is 6.77. The maximum absolute atomic E-state index is 9.58. The van der Waals surface area contributed by atoms with Crippen molar-refractivity contribution in [2.24, 2.45) is 11.3 Å². The highest BCUT2D eigenvalue weighted by Gasteiger charge is 2.49. The molecule has 0 N–H and O–H groups in total.